The molecule has 1 aliphatic rings. The van der Waals surface area contributed by atoms with Crippen LogP contribution >= 0.6 is 0 Å². The van der Waals surface area contributed by atoms with E-state index in [1.165, 1.54) is 0 Å². The second kappa shape index (κ2) is 6.05. The first-order chi connectivity index (χ1) is 11.6. The van der Waals surface area contributed by atoms with Gasteiger partial charge in [0.2, 0.25) is 0 Å². The van der Waals surface area contributed by atoms with Crippen LogP contribution in [0.3, 0.4) is 0 Å². The fourth-order valence-corrected chi connectivity index (χ4v) is 2.64. The van der Waals surface area contributed by atoms with Crippen LogP contribution in [0.4, 0.5) is 26.3 Å². The molecule has 1 saturated carbocycles. The summed E-state index contributed by atoms with van der Waals surface area (Å²) in [5.41, 5.74) is -2.99. The molecular weight excluding hydrogens is 346 g/mol. The van der Waals surface area contributed by atoms with Crippen molar-refractivity contribution in [3.05, 3.63) is 70.8 Å². The Bertz CT molecular complexity index is 712. The van der Waals surface area contributed by atoms with Crippen molar-refractivity contribution in [3.63, 3.8) is 0 Å². The van der Waals surface area contributed by atoms with Crippen molar-refractivity contribution in [3.8, 4) is 0 Å². The summed E-state index contributed by atoms with van der Waals surface area (Å²) in [5, 5.41) is 0. The van der Waals surface area contributed by atoms with Crippen LogP contribution < -0.4 is 0 Å². The molecule has 134 valence electrons. The molecule has 0 amide bonds. The molecule has 0 spiro atoms. The molecule has 0 aromatic heterocycles. The maximum atomic E-state index is 13.0. The molecule has 0 N–H and O–H groups in total. The van der Waals surface area contributed by atoms with Gasteiger partial charge in [0.15, 0.2) is 0 Å². The van der Waals surface area contributed by atoms with Gasteiger partial charge in [-0.2, -0.15) is 26.3 Å². The number of benzene rings is 2. The van der Waals surface area contributed by atoms with Gasteiger partial charge in [-0.3, -0.25) is 0 Å². The largest absolute Gasteiger partial charge is 0.416 e. The Hall–Kier alpha value is -2.02. The molecule has 2 aromatic rings. The molecule has 1 fully saturated rings. The van der Waals surface area contributed by atoms with Crippen LogP contribution in [-0.2, 0) is 29.3 Å². The van der Waals surface area contributed by atoms with Crippen LogP contribution in [0.5, 0.6) is 0 Å². The zero-order valence-corrected chi connectivity index (χ0v) is 12.9. The summed E-state index contributed by atoms with van der Waals surface area (Å²) >= 11 is 0. The van der Waals surface area contributed by atoms with Gasteiger partial charge in [0.05, 0.1) is 23.3 Å². The molecule has 1 nitrogen and oxygen atoms in total. The Morgan fingerprint density at radius 3 is 1.76 bits per heavy atom. The third-order valence-electron chi connectivity index (χ3n) is 4.18. The first-order valence-electron chi connectivity index (χ1n) is 7.58. The third kappa shape index (κ3) is 3.98. The molecular formula is C18H14F6O. The Morgan fingerprint density at radius 1 is 0.800 bits per heavy atom. The van der Waals surface area contributed by atoms with E-state index >= 15 is 0 Å². The SMILES string of the molecule is FC(F)(F)c1cc(C(F)(F)F)cc(C2(OCc3ccccc3)CC2)c1. The van der Waals surface area contributed by atoms with Crippen LogP contribution in [0.25, 0.3) is 0 Å². The predicted molar refractivity (Wildman–Crippen MR) is 78.6 cm³/mol. The van der Waals surface area contributed by atoms with E-state index < -0.39 is 29.1 Å². The average molecular weight is 360 g/mol. The zero-order valence-electron chi connectivity index (χ0n) is 12.9. The molecule has 0 atom stereocenters. The lowest BCUT2D eigenvalue weighted by molar-refractivity contribution is -0.143. The van der Waals surface area contributed by atoms with E-state index in [2.05, 4.69) is 0 Å². The summed E-state index contributed by atoms with van der Waals surface area (Å²) in [6, 6.07) is 10.6. The molecule has 7 heteroatoms. The molecule has 0 saturated heterocycles. The van der Waals surface area contributed by atoms with Gasteiger partial charge in [-0.1, -0.05) is 30.3 Å². The smallest absolute Gasteiger partial charge is 0.366 e. The van der Waals surface area contributed by atoms with Crippen molar-refractivity contribution < 1.29 is 31.1 Å². The monoisotopic (exact) mass is 360 g/mol. The highest BCUT2D eigenvalue weighted by molar-refractivity contribution is 5.39. The fraction of sp³-hybridized carbons (Fsp3) is 0.333. The standard InChI is InChI=1S/C18H14F6O/c19-17(20,21)14-8-13(9-15(10-14)18(22,23)24)16(6-7-16)25-11-12-4-2-1-3-5-12/h1-5,8-10H,6-7,11H2. The van der Waals surface area contributed by atoms with Gasteiger partial charge in [0.25, 0.3) is 0 Å². The lowest BCUT2D eigenvalue weighted by Gasteiger charge is -2.21. The lowest BCUT2D eigenvalue weighted by Crippen LogP contribution is -2.17. The highest BCUT2D eigenvalue weighted by Crippen LogP contribution is 2.51. The lowest BCUT2D eigenvalue weighted by atomic mass is 9.99. The van der Waals surface area contributed by atoms with Crippen molar-refractivity contribution >= 4 is 0 Å². The van der Waals surface area contributed by atoms with Gasteiger partial charge < -0.3 is 4.74 Å². The number of hydrogen-bond donors (Lipinski definition) is 0. The van der Waals surface area contributed by atoms with Crippen molar-refractivity contribution in [2.45, 2.75) is 37.4 Å². The number of halogens is 6. The van der Waals surface area contributed by atoms with Gasteiger partial charge in [-0.15, -0.1) is 0 Å². The number of alkyl halides is 6. The topological polar surface area (TPSA) is 9.23 Å². The molecule has 0 bridgehead atoms. The Balaban J connectivity index is 1.92. The third-order valence-corrected chi connectivity index (χ3v) is 4.18. The van der Waals surface area contributed by atoms with Crippen molar-refractivity contribution in [2.75, 3.05) is 0 Å². The van der Waals surface area contributed by atoms with Gasteiger partial charge in [-0.25, -0.2) is 0 Å². The minimum absolute atomic E-state index is 0.0782. The number of ether oxygens (including phenoxy) is 1. The Kier molecular flexibility index (Phi) is 4.31. The number of rotatable bonds is 4. The van der Waals surface area contributed by atoms with E-state index in [0.717, 1.165) is 17.7 Å². The first-order valence-corrected chi connectivity index (χ1v) is 7.58. The van der Waals surface area contributed by atoms with Gasteiger partial charge >= 0.3 is 12.4 Å². The second-order valence-electron chi connectivity index (χ2n) is 6.06. The van der Waals surface area contributed by atoms with Gasteiger partial charge in [-0.05, 0) is 42.2 Å². The molecule has 0 unspecified atom stereocenters. The number of hydrogen-bond acceptors (Lipinski definition) is 1. The zero-order chi connectivity index (χ0) is 18.3. The summed E-state index contributed by atoms with van der Waals surface area (Å²) in [7, 11) is 0. The Labute approximate surface area is 140 Å². The minimum atomic E-state index is -4.86. The molecule has 0 aliphatic heterocycles. The summed E-state index contributed by atoms with van der Waals surface area (Å²) in [6.45, 7) is 0.123. The van der Waals surface area contributed by atoms with E-state index in [1.54, 1.807) is 30.3 Å². The molecule has 2 aromatic carbocycles. The van der Waals surface area contributed by atoms with Crippen molar-refractivity contribution in [1.82, 2.24) is 0 Å². The summed E-state index contributed by atoms with van der Waals surface area (Å²) in [6.07, 6.45) is -8.94. The van der Waals surface area contributed by atoms with Gasteiger partial charge in [0.1, 0.15) is 0 Å². The normalized spacial score (nSPS) is 16.7. The highest BCUT2D eigenvalue weighted by atomic mass is 19.4. The van der Waals surface area contributed by atoms with E-state index in [0.29, 0.717) is 12.8 Å². The van der Waals surface area contributed by atoms with Crippen LogP contribution in [0, 0.1) is 0 Å². The predicted octanol–water partition coefficient (Wildman–Crippen LogP) is 5.93. The second-order valence-corrected chi connectivity index (χ2v) is 6.06. The van der Waals surface area contributed by atoms with E-state index in [4.69, 9.17) is 4.74 Å². The minimum Gasteiger partial charge on any atom is -0.366 e. The summed E-state index contributed by atoms with van der Waals surface area (Å²) in [4.78, 5) is 0. The quantitative estimate of drug-likeness (QED) is 0.614. The van der Waals surface area contributed by atoms with E-state index in [1.807, 2.05) is 0 Å². The molecule has 0 heterocycles. The molecule has 1 aliphatic carbocycles. The first kappa shape index (κ1) is 17.8. The van der Waals surface area contributed by atoms with Crippen LogP contribution in [0.1, 0.15) is 35.1 Å². The van der Waals surface area contributed by atoms with E-state index in [-0.39, 0.29) is 18.2 Å². The van der Waals surface area contributed by atoms with Crippen LogP contribution in [0.2, 0.25) is 0 Å². The fourth-order valence-electron chi connectivity index (χ4n) is 2.64. The molecule has 0 radical (unpaired) electrons. The average Bonchev–Trinajstić information content (AvgIpc) is 3.33. The molecule has 3 rings (SSSR count). The molecule has 25 heavy (non-hydrogen) atoms. The van der Waals surface area contributed by atoms with Crippen LogP contribution in [-0.4, -0.2) is 0 Å². The maximum absolute atomic E-state index is 13.0. The maximum Gasteiger partial charge on any atom is 0.416 e. The van der Waals surface area contributed by atoms with Crippen LogP contribution in [0.15, 0.2) is 48.5 Å². The Morgan fingerprint density at radius 2 is 1.32 bits per heavy atom. The van der Waals surface area contributed by atoms with Crippen molar-refractivity contribution in [1.29, 1.82) is 0 Å². The van der Waals surface area contributed by atoms with Gasteiger partial charge in [0, 0.05) is 0 Å². The summed E-state index contributed by atoms with van der Waals surface area (Å²) < 4.78 is 83.6. The van der Waals surface area contributed by atoms with E-state index in [9.17, 15) is 26.3 Å². The summed E-state index contributed by atoms with van der Waals surface area (Å²) in [5.74, 6) is 0. The van der Waals surface area contributed by atoms with Crippen molar-refractivity contribution in [2.24, 2.45) is 0 Å². The highest BCUT2D eigenvalue weighted by Gasteiger charge is 2.48.